The lowest BCUT2D eigenvalue weighted by Crippen LogP contribution is -2.54. The first kappa shape index (κ1) is 15.7. The summed E-state index contributed by atoms with van der Waals surface area (Å²) in [6.07, 6.45) is 0.253. The summed E-state index contributed by atoms with van der Waals surface area (Å²) >= 11 is 9.58. The number of rotatable bonds is 1. The number of benzene rings is 2. The highest BCUT2D eigenvalue weighted by Gasteiger charge is 2.55. The summed E-state index contributed by atoms with van der Waals surface area (Å²) in [6.45, 7) is 0.281. The molecule has 2 aromatic rings. The van der Waals surface area contributed by atoms with Gasteiger partial charge in [0.1, 0.15) is 5.41 Å². The van der Waals surface area contributed by atoms with Crippen molar-refractivity contribution < 1.29 is 9.59 Å². The average molecular weight is 406 g/mol. The summed E-state index contributed by atoms with van der Waals surface area (Å²) in [5.74, 6) is -0.392. The quantitative estimate of drug-likeness (QED) is 0.762. The number of hydrogen-bond donors (Lipinski definition) is 2. The summed E-state index contributed by atoms with van der Waals surface area (Å²) in [4.78, 5) is 25.0. The Balaban J connectivity index is 1.91. The smallest absolute Gasteiger partial charge is 0.237 e. The lowest BCUT2D eigenvalue weighted by molar-refractivity contribution is -0.128. The van der Waals surface area contributed by atoms with E-state index in [0.717, 1.165) is 21.3 Å². The predicted octanol–water partition coefficient (Wildman–Crippen LogP) is 3.60. The fourth-order valence-electron chi connectivity index (χ4n) is 3.81. The molecule has 2 aromatic carbocycles. The summed E-state index contributed by atoms with van der Waals surface area (Å²) < 4.78 is 0.901. The number of amides is 2. The number of hydrogen-bond acceptors (Lipinski definition) is 2. The molecule has 0 radical (unpaired) electrons. The fraction of sp³-hybridized carbons (Fsp3) is 0.222. The average Bonchev–Trinajstić information content (AvgIpc) is 2.81. The van der Waals surface area contributed by atoms with Crippen LogP contribution in [0.5, 0.6) is 0 Å². The SMILES string of the molecule is O=C1C[C@@H](c2cccc(Cl)c2)C2(CN1)C(=O)Nc1cc(Br)ccc12. The van der Waals surface area contributed by atoms with E-state index in [1.54, 1.807) is 6.07 Å². The Bertz CT molecular complexity index is 870. The van der Waals surface area contributed by atoms with Crippen LogP contribution >= 0.6 is 27.5 Å². The minimum absolute atomic E-state index is 0.0519. The highest BCUT2D eigenvalue weighted by molar-refractivity contribution is 9.10. The van der Waals surface area contributed by atoms with Gasteiger partial charge in [0.05, 0.1) is 0 Å². The van der Waals surface area contributed by atoms with Crippen LogP contribution in [0.1, 0.15) is 23.5 Å². The molecule has 0 saturated carbocycles. The Hall–Kier alpha value is -1.85. The first-order valence-corrected chi connectivity index (χ1v) is 8.81. The van der Waals surface area contributed by atoms with Crippen LogP contribution in [0, 0.1) is 0 Å². The van der Waals surface area contributed by atoms with Crippen molar-refractivity contribution >= 4 is 45.0 Å². The first-order chi connectivity index (χ1) is 11.5. The van der Waals surface area contributed by atoms with Crippen LogP contribution in [-0.2, 0) is 15.0 Å². The van der Waals surface area contributed by atoms with E-state index in [0.29, 0.717) is 5.02 Å². The molecule has 4 rings (SSSR count). The van der Waals surface area contributed by atoms with E-state index in [9.17, 15) is 9.59 Å². The second kappa shape index (κ2) is 5.60. The summed E-state index contributed by atoms with van der Waals surface area (Å²) in [7, 11) is 0. The zero-order chi connectivity index (χ0) is 16.9. The highest BCUT2D eigenvalue weighted by Crippen LogP contribution is 2.50. The second-order valence-corrected chi connectivity index (χ2v) is 7.56. The Morgan fingerprint density at radius 1 is 1.17 bits per heavy atom. The molecule has 2 N–H and O–H groups in total. The van der Waals surface area contributed by atoms with E-state index in [4.69, 9.17) is 11.6 Å². The zero-order valence-electron chi connectivity index (χ0n) is 12.6. The normalized spacial score (nSPS) is 25.3. The van der Waals surface area contributed by atoms with Gasteiger partial charge in [-0.1, -0.05) is 45.7 Å². The van der Waals surface area contributed by atoms with E-state index in [2.05, 4.69) is 26.6 Å². The molecule has 1 unspecified atom stereocenters. The molecule has 2 aliphatic heterocycles. The third kappa shape index (κ3) is 2.26. The molecule has 2 atom stereocenters. The van der Waals surface area contributed by atoms with Gasteiger partial charge in [0.15, 0.2) is 0 Å². The standard InChI is InChI=1S/C18H14BrClN2O2/c19-11-4-5-13-15(7-11)22-17(24)18(13)9-21-16(23)8-14(18)10-2-1-3-12(20)6-10/h1-7,14H,8-9H2,(H,21,23)(H,22,24)/t14-,18?/m0/s1. The molecule has 24 heavy (non-hydrogen) atoms. The van der Waals surface area contributed by atoms with Crippen LogP contribution in [-0.4, -0.2) is 18.4 Å². The van der Waals surface area contributed by atoms with Crippen molar-refractivity contribution in [3.63, 3.8) is 0 Å². The molecule has 1 spiro atoms. The molecule has 2 amide bonds. The molecule has 1 saturated heterocycles. The van der Waals surface area contributed by atoms with Crippen molar-refractivity contribution in [1.82, 2.24) is 5.32 Å². The van der Waals surface area contributed by atoms with Crippen molar-refractivity contribution in [2.45, 2.75) is 17.8 Å². The zero-order valence-corrected chi connectivity index (χ0v) is 14.9. The molecule has 2 heterocycles. The summed E-state index contributed by atoms with van der Waals surface area (Å²) in [6, 6.07) is 13.2. The lowest BCUT2D eigenvalue weighted by Gasteiger charge is -2.40. The van der Waals surface area contributed by atoms with Crippen LogP contribution in [0.4, 0.5) is 5.69 Å². The lowest BCUT2D eigenvalue weighted by atomic mass is 9.65. The van der Waals surface area contributed by atoms with E-state index in [1.165, 1.54) is 0 Å². The van der Waals surface area contributed by atoms with Crippen molar-refractivity contribution in [2.24, 2.45) is 0 Å². The summed E-state index contributed by atoms with van der Waals surface area (Å²) in [5.41, 5.74) is 1.80. The number of carbonyl (C=O) groups is 2. The van der Waals surface area contributed by atoms with Crippen molar-refractivity contribution in [3.05, 3.63) is 63.1 Å². The van der Waals surface area contributed by atoms with Gasteiger partial charge >= 0.3 is 0 Å². The van der Waals surface area contributed by atoms with Gasteiger partial charge in [0, 0.05) is 34.1 Å². The Labute approximate surface area is 152 Å². The second-order valence-electron chi connectivity index (χ2n) is 6.20. The van der Waals surface area contributed by atoms with E-state index >= 15 is 0 Å². The monoisotopic (exact) mass is 404 g/mol. The molecule has 2 aliphatic rings. The molecule has 122 valence electrons. The number of anilines is 1. The third-order valence-corrected chi connectivity index (χ3v) is 5.64. The van der Waals surface area contributed by atoms with Gasteiger partial charge in [-0.2, -0.15) is 0 Å². The van der Waals surface area contributed by atoms with E-state index in [1.807, 2.05) is 36.4 Å². The molecule has 6 heteroatoms. The highest BCUT2D eigenvalue weighted by atomic mass is 79.9. The molecule has 0 aliphatic carbocycles. The third-order valence-electron chi connectivity index (χ3n) is 4.92. The maximum atomic E-state index is 13.0. The molecule has 1 fully saturated rings. The molecule has 4 nitrogen and oxygen atoms in total. The number of carbonyl (C=O) groups excluding carboxylic acids is 2. The van der Waals surface area contributed by atoms with Crippen LogP contribution < -0.4 is 10.6 Å². The van der Waals surface area contributed by atoms with Crippen molar-refractivity contribution in [1.29, 1.82) is 0 Å². The Morgan fingerprint density at radius 2 is 2.00 bits per heavy atom. The fourth-order valence-corrected chi connectivity index (χ4v) is 4.37. The molecular weight excluding hydrogens is 392 g/mol. The van der Waals surface area contributed by atoms with E-state index < -0.39 is 5.41 Å². The molecular formula is C18H14BrClN2O2. The maximum absolute atomic E-state index is 13.0. The minimum atomic E-state index is -0.811. The van der Waals surface area contributed by atoms with Crippen LogP contribution in [0.15, 0.2) is 46.9 Å². The van der Waals surface area contributed by atoms with Gasteiger partial charge < -0.3 is 10.6 Å². The van der Waals surface area contributed by atoms with Gasteiger partial charge in [-0.05, 0) is 35.4 Å². The van der Waals surface area contributed by atoms with E-state index in [-0.39, 0.29) is 30.7 Å². The van der Waals surface area contributed by atoms with Gasteiger partial charge in [-0.15, -0.1) is 0 Å². The number of nitrogens with one attached hydrogen (secondary N) is 2. The number of halogens is 2. The summed E-state index contributed by atoms with van der Waals surface area (Å²) in [5, 5.41) is 6.45. The number of fused-ring (bicyclic) bond motifs is 2. The largest absolute Gasteiger partial charge is 0.355 e. The van der Waals surface area contributed by atoms with Gasteiger partial charge in [0.2, 0.25) is 11.8 Å². The van der Waals surface area contributed by atoms with Gasteiger partial charge in [-0.25, -0.2) is 0 Å². The van der Waals surface area contributed by atoms with Gasteiger partial charge in [0.25, 0.3) is 0 Å². The molecule has 0 bridgehead atoms. The van der Waals surface area contributed by atoms with Gasteiger partial charge in [-0.3, -0.25) is 9.59 Å². The van der Waals surface area contributed by atoms with Crippen LogP contribution in [0.2, 0.25) is 5.02 Å². The van der Waals surface area contributed by atoms with Crippen molar-refractivity contribution in [3.8, 4) is 0 Å². The Morgan fingerprint density at radius 3 is 2.79 bits per heavy atom. The van der Waals surface area contributed by atoms with Crippen LogP contribution in [0.25, 0.3) is 0 Å². The van der Waals surface area contributed by atoms with Crippen LogP contribution in [0.3, 0.4) is 0 Å². The maximum Gasteiger partial charge on any atom is 0.237 e. The van der Waals surface area contributed by atoms with Crippen molar-refractivity contribution in [2.75, 3.05) is 11.9 Å². The Kier molecular flexibility index (Phi) is 3.66. The minimum Gasteiger partial charge on any atom is -0.355 e. The first-order valence-electron chi connectivity index (χ1n) is 7.64. The molecule has 0 aromatic heterocycles. The predicted molar refractivity (Wildman–Crippen MR) is 96.3 cm³/mol. The number of piperidine rings is 1. The topological polar surface area (TPSA) is 58.2 Å².